The third kappa shape index (κ3) is 1.21. The predicted molar refractivity (Wildman–Crippen MR) is 53.1 cm³/mol. The number of aromatic nitrogens is 2. The molecule has 1 aromatic carbocycles. The first-order valence-electron chi connectivity index (χ1n) is 4.71. The molecule has 15 heavy (non-hydrogen) atoms. The van der Waals surface area contributed by atoms with Crippen molar-refractivity contribution in [3.8, 4) is 17.1 Å². The first-order valence-corrected chi connectivity index (χ1v) is 4.71. The van der Waals surface area contributed by atoms with Crippen molar-refractivity contribution in [1.82, 2.24) is 9.55 Å². The SMILES string of the molecule is FCc1ccc2c(c1)OCn1ccnc1-2. The third-order valence-corrected chi connectivity index (χ3v) is 2.52. The molecular weight excluding hydrogens is 195 g/mol. The van der Waals surface area contributed by atoms with Gasteiger partial charge in [-0.3, -0.25) is 4.57 Å². The molecule has 0 bridgehead atoms. The minimum Gasteiger partial charge on any atom is -0.472 e. The van der Waals surface area contributed by atoms with Crippen LogP contribution in [0.15, 0.2) is 30.6 Å². The van der Waals surface area contributed by atoms with Gasteiger partial charge in [0, 0.05) is 12.4 Å². The van der Waals surface area contributed by atoms with Crippen molar-refractivity contribution < 1.29 is 9.13 Å². The molecule has 4 heteroatoms. The molecule has 0 radical (unpaired) electrons. The summed E-state index contributed by atoms with van der Waals surface area (Å²) in [6, 6.07) is 5.34. The summed E-state index contributed by atoms with van der Waals surface area (Å²) in [4.78, 5) is 4.24. The van der Waals surface area contributed by atoms with Gasteiger partial charge in [-0.1, -0.05) is 6.07 Å². The van der Waals surface area contributed by atoms with Crippen LogP contribution >= 0.6 is 0 Å². The predicted octanol–water partition coefficient (Wildman–Crippen LogP) is 2.37. The molecule has 0 unspecified atom stereocenters. The fourth-order valence-electron chi connectivity index (χ4n) is 1.75. The highest BCUT2D eigenvalue weighted by Crippen LogP contribution is 2.33. The molecule has 1 aromatic heterocycles. The second-order valence-corrected chi connectivity index (χ2v) is 3.46. The Bertz CT molecular complexity index is 507. The van der Waals surface area contributed by atoms with Gasteiger partial charge in [-0.25, -0.2) is 9.37 Å². The Labute approximate surface area is 86.1 Å². The van der Waals surface area contributed by atoms with Gasteiger partial charge < -0.3 is 4.74 Å². The number of fused-ring (bicyclic) bond motifs is 3. The van der Waals surface area contributed by atoms with E-state index in [1.54, 1.807) is 18.3 Å². The smallest absolute Gasteiger partial charge is 0.166 e. The summed E-state index contributed by atoms with van der Waals surface area (Å²) in [7, 11) is 0. The molecule has 0 aliphatic carbocycles. The molecule has 0 saturated carbocycles. The number of hydrogen-bond donors (Lipinski definition) is 0. The number of nitrogens with zero attached hydrogens (tertiary/aromatic N) is 2. The standard InChI is InChI=1S/C11H9FN2O/c12-6-8-1-2-9-10(5-8)15-7-14-4-3-13-11(9)14/h1-5H,6-7H2. The van der Waals surface area contributed by atoms with E-state index in [9.17, 15) is 4.39 Å². The van der Waals surface area contributed by atoms with Crippen molar-refractivity contribution in [2.75, 3.05) is 0 Å². The van der Waals surface area contributed by atoms with Crippen molar-refractivity contribution in [3.63, 3.8) is 0 Å². The van der Waals surface area contributed by atoms with Crippen LogP contribution in [0.1, 0.15) is 5.56 Å². The van der Waals surface area contributed by atoms with Gasteiger partial charge >= 0.3 is 0 Å². The van der Waals surface area contributed by atoms with Gasteiger partial charge in [-0.15, -0.1) is 0 Å². The van der Waals surface area contributed by atoms with Crippen molar-refractivity contribution in [2.45, 2.75) is 13.4 Å². The summed E-state index contributed by atoms with van der Waals surface area (Å²) < 4.78 is 19.9. The Morgan fingerprint density at radius 2 is 2.40 bits per heavy atom. The second kappa shape index (κ2) is 3.08. The fourth-order valence-corrected chi connectivity index (χ4v) is 1.75. The van der Waals surface area contributed by atoms with E-state index in [2.05, 4.69) is 4.98 Å². The summed E-state index contributed by atoms with van der Waals surface area (Å²) in [6.07, 6.45) is 3.60. The van der Waals surface area contributed by atoms with Crippen LogP contribution in [0.2, 0.25) is 0 Å². The third-order valence-electron chi connectivity index (χ3n) is 2.52. The molecule has 0 spiro atoms. The van der Waals surface area contributed by atoms with E-state index >= 15 is 0 Å². The van der Waals surface area contributed by atoms with Crippen LogP contribution in [0.4, 0.5) is 4.39 Å². The quantitative estimate of drug-likeness (QED) is 0.713. The molecule has 2 heterocycles. The molecule has 0 atom stereocenters. The highest BCUT2D eigenvalue weighted by Gasteiger charge is 2.17. The van der Waals surface area contributed by atoms with E-state index in [1.807, 2.05) is 16.8 Å². The zero-order chi connectivity index (χ0) is 10.3. The van der Waals surface area contributed by atoms with Crippen LogP contribution in [0.5, 0.6) is 5.75 Å². The lowest BCUT2D eigenvalue weighted by atomic mass is 10.1. The lowest BCUT2D eigenvalue weighted by molar-refractivity contribution is 0.229. The van der Waals surface area contributed by atoms with E-state index in [0.29, 0.717) is 18.0 Å². The van der Waals surface area contributed by atoms with Crippen LogP contribution in [0.25, 0.3) is 11.4 Å². The molecule has 3 nitrogen and oxygen atoms in total. The molecule has 76 valence electrons. The number of imidazole rings is 1. The zero-order valence-corrected chi connectivity index (χ0v) is 7.98. The van der Waals surface area contributed by atoms with Gasteiger partial charge in [-0.05, 0) is 17.7 Å². The van der Waals surface area contributed by atoms with Gasteiger partial charge in [0.05, 0.1) is 5.56 Å². The number of hydrogen-bond acceptors (Lipinski definition) is 2. The molecule has 0 amide bonds. The van der Waals surface area contributed by atoms with E-state index in [4.69, 9.17) is 4.74 Å². The van der Waals surface area contributed by atoms with Crippen LogP contribution in [-0.4, -0.2) is 9.55 Å². The fraction of sp³-hybridized carbons (Fsp3) is 0.182. The van der Waals surface area contributed by atoms with Crippen molar-refractivity contribution in [3.05, 3.63) is 36.2 Å². The minimum absolute atomic E-state index is 0.443. The van der Waals surface area contributed by atoms with Crippen molar-refractivity contribution >= 4 is 0 Å². The molecule has 1 aliphatic rings. The average Bonchev–Trinajstić information content (AvgIpc) is 2.76. The van der Waals surface area contributed by atoms with E-state index in [1.165, 1.54) is 0 Å². The van der Waals surface area contributed by atoms with Crippen molar-refractivity contribution in [2.24, 2.45) is 0 Å². The van der Waals surface area contributed by atoms with Gasteiger partial charge in [0.1, 0.15) is 18.2 Å². The van der Waals surface area contributed by atoms with E-state index in [0.717, 1.165) is 11.4 Å². The normalized spacial score (nSPS) is 12.9. The molecule has 0 saturated heterocycles. The Morgan fingerprint density at radius 3 is 3.27 bits per heavy atom. The zero-order valence-electron chi connectivity index (χ0n) is 7.98. The maximum absolute atomic E-state index is 12.5. The molecule has 0 N–H and O–H groups in total. The summed E-state index contributed by atoms with van der Waals surface area (Å²) >= 11 is 0. The van der Waals surface area contributed by atoms with Crippen LogP contribution in [-0.2, 0) is 13.4 Å². The highest BCUT2D eigenvalue weighted by atomic mass is 19.1. The van der Waals surface area contributed by atoms with E-state index < -0.39 is 6.67 Å². The van der Waals surface area contributed by atoms with Gasteiger partial charge in [0.15, 0.2) is 6.73 Å². The van der Waals surface area contributed by atoms with Gasteiger partial charge in [0.2, 0.25) is 0 Å². The number of benzene rings is 1. The Kier molecular flexibility index (Phi) is 1.74. The number of alkyl halides is 1. The summed E-state index contributed by atoms with van der Waals surface area (Å²) in [5.41, 5.74) is 1.55. The van der Waals surface area contributed by atoms with E-state index in [-0.39, 0.29) is 0 Å². The monoisotopic (exact) mass is 204 g/mol. The van der Waals surface area contributed by atoms with Crippen LogP contribution in [0, 0.1) is 0 Å². The van der Waals surface area contributed by atoms with Gasteiger partial charge in [-0.2, -0.15) is 0 Å². The maximum atomic E-state index is 12.5. The van der Waals surface area contributed by atoms with Crippen LogP contribution in [0.3, 0.4) is 0 Å². The van der Waals surface area contributed by atoms with Crippen molar-refractivity contribution in [1.29, 1.82) is 0 Å². The summed E-state index contributed by atoms with van der Waals surface area (Å²) in [5.74, 6) is 1.59. The first kappa shape index (κ1) is 8.47. The molecule has 3 rings (SSSR count). The second-order valence-electron chi connectivity index (χ2n) is 3.46. The number of rotatable bonds is 1. The lowest BCUT2D eigenvalue weighted by Crippen LogP contribution is -2.12. The average molecular weight is 204 g/mol. The first-order chi connectivity index (χ1) is 7.38. The summed E-state index contributed by atoms with van der Waals surface area (Å²) in [6.45, 7) is -0.0246. The summed E-state index contributed by atoms with van der Waals surface area (Å²) in [5, 5.41) is 0. The number of halogens is 1. The van der Waals surface area contributed by atoms with Crippen LogP contribution < -0.4 is 4.74 Å². The number of ether oxygens (including phenoxy) is 1. The Balaban J connectivity index is 2.18. The lowest BCUT2D eigenvalue weighted by Gasteiger charge is -2.19. The highest BCUT2D eigenvalue weighted by molar-refractivity contribution is 5.66. The topological polar surface area (TPSA) is 27.1 Å². The molecule has 2 aromatic rings. The Morgan fingerprint density at radius 1 is 1.47 bits per heavy atom. The minimum atomic E-state index is -0.467. The largest absolute Gasteiger partial charge is 0.472 e. The maximum Gasteiger partial charge on any atom is 0.166 e. The molecule has 1 aliphatic heterocycles. The molecular formula is C11H9FN2O. The van der Waals surface area contributed by atoms with Gasteiger partial charge in [0.25, 0.3) is 0 Å². The molecule has 0 fully saturated rings. The Hall–Kier alpha value is -1.84.